The zero-order chi connectivity index (χ0) is 11.0. The lowest BCUT2D eigenvalue weighted by Crippen LogP contribution is -2.17. The lowest BCUT2D eigenvalue weighted by Gasteiger charge is -2.14. The smallest absolute Gasteiger partial charge is 0.293 e. The van der Waals surface area contributed by atoms with Gasteiger partial charge in [-0.05, 0) is 26.7 Å². The fraction of sp³-hybridized carbons (Fsp3) is 0.917. The van der Waals surface area contributed by atoms with E-state index in [-0.39, 0.29) is 5.60 Å². The maximum absolute atomic E-state index is 9.60. The molecule has 0 aliphatic heterocycles. The van der Waals surface area contributed by atoms with Crippen molar-refractivity contribution in [2.75, 3.05) is 0 Å². The Labute approximate surface area is 88.0 Å². The average molecular weight is 200 g/mol. The zero-order valence-corrected chi connectivity index (χ0v) is 10.0. The minimum Gasteiger partial charge on any atom is -0.462 e. The molecule has 1 rings (SSSR count). The first-order valence-electron chi connectivity index (χ1n) is 5.61. The summed E-state index contributed by atoms with van der Waals surface area (Å²) in [6.45, 7) is 8.22. The molecule has 1 aliphatic carbocycles. The van der Waals surface area contributed by atoms with Gasteiger partial charge in [-0.2, -0.15) is 0 Å². The molecule has 2 heteroatoms. The fourth-order valence-electron chi connectivity index (χ4n) is 1.56. The lowest BCUT2D eigenvalue weighted by molar-refractivity contribution is -0.138. The maximum atomic E-state index is 9.60. The van der Waals surface area contributed by atoms with Crippen molar-refractivity contribution < 1.29 is 9.53 Å². The van der Waals surface area contributed by atoms with E-state index < -0.39 is 0 Å². The molecule has 1 saturated carbocycles. The van der Waals surface area contributed by atoms with Gasteiger partial charge < -0.3 is 4.74 Å². The number of carbonyl (C=O) groups excluding carboxylic acids is 1. The molecule has 0 spiro atoms. The predicted octanol–water partition coefficient (Wildman–Crippen LogP) is 3.54. The van der Waals surface area contributed by atoms with E-state index in [9.17, 15) is 4.79 Å². The Bertz CT molecular complexity index is 141. The molecule has 0 amide bonds. The Kier molecular flexibility index (Phi) is 6.60. The highest BCUT2D eigenvalue weighted by Gasteiger charge is 2.11. The summed E-state index contributed by atoms with van der Waals surface area (Å²) in [6.07, 6.45) is 7.43. The number of ether oxygens (including phenoxy) is 1. The van der Waals surface area contributed by atoms with Crippen molar-refractivity contribution in [1.82, 2.24) is 0 Å². The van der Waals surface area contributed by atoms with Crippen LogP contribution in [0.4, 0.5) is 0 Å². The molecule has 2 nitrogen and oxygen atoms in total. The van der Waals surface area contributed by atoms with Crippen LogP contribution in [0.5, 0.6) is 0 Å². The Morgan fingerprint density at radius 1 is 1.29 bits per heavy atom. The molecular weight excluding hydrogens is 176 g/mol. The van der Waals surface area contributed by atoms with Gasteiger partial charge in [-0.15, -0.1) is 0 Å². The predicted molar refractivity (Wildman–Crippen MR) is 59.2 cm³/mol. The summed E-state index contributed by atoms with van der Waals surface area (Å²) in [5.41, 5.74) is -0.318. The van der Waals surface area contributed by atoms with Gasteiger partial charge in [-0.1, -0.05) is 39.0 Å². The van der Waals surface area contributed by atoms with Crippen molar-refractivity contribution in [1.29, 1.82) is 0 Å². The van der Waals surface area contributed by atoms with E-state index >= 15 is 0 Å². The Morgan fingerprint density at radius 3 is 1.93 bits per heavy atom. The maximum Gasteiger partial charge on any atom is 0.293 e. The van der Waals surface area contributed by atoms with E-state index in [2.05, 4.69) is 11.7 Å². The van der Waals surface area contributed by atoms with E-state index in [1.165, 1.54) is 32.1 Å². The standard InChI is InChI=1S/C7H14.C5H10O2/c1-2-7-5-3-4-6-7;1-5(2,3)7-4-6/h7H,2-6H2,1H3;4H,1-3H3. The third-order valence-corrected chi connectivity index (χ3v) is 2.45. The highest BCUT2D eigenvalue weighted by atomic mass is 16.5. The number of rotatable bonds is 2. The van der Waals surface area contributed by atoms with Gasteiger partial charge in [0, 0.05) is 0 Å². The van der Waals surface area contributed by atoms with Crippen molar-refractivity contribution in [3.63, 3.8) is 0 Å². The molecule has 0 saturated heterocycles. The van der Waals surface area contributed by atoms with E-state index in [4.69, 9.17) is 0 Å². The lowest BCUT2D eigenvalue weighted by atomic mass is 10.1. The quantitative estimate of drug-likeness (QED) is 0.637. The largest absolute Gasteiger partial charge is 0.462 e. The monoisotopic (exact) mass is 200 g/mol. The van der Waals surface area contributed by atoms with E-state index in [1.807, 2.05) is 20.8 Å². The summed E-state index contributed by atoms with van der Waals surface area (Å²) in [6, 6.07) is 0. The topological polar surface area (TPSA) is 26.3 Å². The summed E-state index contributed by atoms with van der Waals surface area (Å²) in [4.78, 5) is 9.60. The SMILES string of the molecule is CC(C)(C)OC=O.CCC1CCCC1. The van der Waals surface area contributed by atoms with E-state index in [0.717, 1.165) is 5.92 Å². The summed E-state index contributed by atoms with van der Waals surface area (Å²) in [5, 5.41) is 0. The van der Waals surface area contributed by atoms with Crippen LogP contribution in [0.2, 0.25) is 0 Å². The fourth-order valence-corrected chi connectivity index (χ4v) is 1.56. The van der Waals surface area contributed by atoms with Gasteiger partial charge in [-0.3, -0.25) is 4.79 Å². The molecule has 0 aromatic carbocycles. The second-order valence-electron chi connectivity index (χ2n) is 4.89. The summed E-state index contributed by atoms with van der Waals surface area (Å²) >= 11 is 0. The van der Waals surface area contributed by atoms with Gasteiger partial charge in [0.15, 0.2) is 0 Å². The van der Waals surface area contributed by atoms with Gasteiger partial charge in [0.05, 0.1) is 0 Å². The molecule has 0 atom stereocenters. The zero-order valence-electron chi connectivity index (χ0n) is 10.0. The minimum absolute atomic E-state index is 0.318. The van der Waals surface area contributed by atoms with E-state index in [1.54, 1.807) is 0 Å². The minimum atomic E-state index is -0.318. The Balaban J connectivity index is 0.000000241. The van der Waals surface area contributed by atoms with Crippen molar-refractivity contribution >= 4 is 6.47 Å². The van der Waals surface area contributed by atoms with Crippen molar-refractivity contribution in [3.05, 3.63) is 0 Å². The highest BCUT2D eigenvalue weighted by Crippen LogP contribution is 2.26. The van der Waals surface area contributed by atoms with Crippen LogP contribution in [0.15, 0.2) is 0 Å². The van der Waals surface area contributed by atoms with Crippen LogP contribution in [-0.4, -0.2) is 12.1 Å². The van der Waals surface area contributed by atoms with Crippen molar-refractivity contribution in [2.45, 2.75) is 65.4 Å². The third-order valence-electron chi connectivity index (χ3n) is 2.45. The first-order chi connectivity index (χ1) is 6.49. The first kappa shape index (κ1) is 13.5. The second-order valence-corrected chi connectivity index (χ2v) is 4.89. The van der Waals surface area contributed by atoms with Gasteiger partial charge in [0.25, 0.3) is 6.47 Å². The van der Waals surface area contributed by atoms with Crippen LogP contribution < -0.4 is 0 Å². The second kappa shape index (κ2) is 6.86. The molecular formula is C12H24O2. The molecule has 1 fully saturated rings. The summed E-state index contributed by atoms with van der Waals surface area (Å²) < 4.78 is 4.55. The van der Waals surface area contributed by atoms with Crippen LogP contribution in [-0.2, 0) is 9.53 Å². The molecule has 0 radical (unpaired) electrons. The molecule has 84 valence electrons. The van der Waals surface area contributed by atoms with Crippen molar-refractivity contribution in [2.24, 2.45) is 5.92 Å². The summed E-state index contributed by atoms with van der Waals surface area (Å²) in [7, 11) is 0. The van der Waals surface area contributed by atoms with Gasteiger partial charge in [-0.25, -0.2) is 0 Å². The number of carbonyl (C=O) groups is 1. The van der Waals surface area contributed by atoms with Gasteiger partial charge in [0.1, 0.15) is 5.60 Å². The van der Waals surface area contributed by atoms with Gasteiger partial charge >= 0.3 is 0 Å². The molecule has 1 aliphatic rings. The van der Waals surface area contributed by atoms with Crippen molar-refractivity contribution in [3.8, 4) is 0 Å². The van der Waals surface area contributed by atoms with Gasteiger partial charge in [0.2, 0.25) is 0 Å². The van der Waals surface area contributed by atoms with Crippen LogP contribution in [0.1, 0.15) is 59.8 Å². The third kappa shape index (κ3) is 8.09. The molecule has 0 aromatic rings. The van der Waals surface area contributed by atoms with Crippen LogP contribution in [0, 0.1) is 5.92 Å². The molecule has 0 heterocycles. The molecule has 0 N–H and O–H groups in total. The average Bonchev–Trinajstić information content (AvgIpc) is 2.54. The number of hydrogen-bond acceptors (Lipinski definition) is 2. The number of hydrogen-bond donors (Lipinski definition) is 0. The molecule has 0 unspecified atom stereocenters. The Hall–Kier alpha value is -0.530. The van der Waals surface area contributed by atoms with Crippen LogP contribution >= 0.6 is 0 Å². The summed E-state index contributed by atoms with van der Waals surface area (Å²) in [5.74, 6) is 1.10. The first-order valence-corrected chi connectivity index (χ1v) is 5.61. The highest BCUT2D eigenvalue weighted by molar-refractivity contribution is 5.37. The normalized spacial score (nSPS) is 17.1. The Morgan fingerprint density at radius 2 is 1.79 bits per heavy atom. The van der Waals surface area contributed by atoms with Crippen LogP contribution in [0.25, 0.3) is 0 Å². The van der Waals surface area contributed by atoms with E-state index in [0.29, 0.717) is 6.47 Å². The molecule has 0 aromatic heterocycles. The molecule has 0 bridgehead atoms. The van der Waals surface area contributed by atoms with Crippen LogP contribution in [0.3, 0.4) is 0 Å². The molecule has 14 heavy (non-hydrogen) atoms.